The molecule has 0 unspecified atom stereocenters. The van der Waals surface area contributed by atoms with E-state index in [1.165, 1.54) is 89.4 Å². The number of benzene rings is 5. The summed E-state index contributed by atoms with van der Waals surface area (Å²) in [6.45, 7) is 43.5. The molecule has 0 saturated heterocycles. The van der Waals surface area contributed by atoms with Crippen LogP contribution in [0.25, 0.3) is 56.3 Å². The zero-order valence-electron chi connectivity index (χ0n) is 70.2. The summed E-state index contributed by atoms with van der Waals surface area (Å²) >= 11 is 0. The Kier molecular flexibility index (Phi) is 23.4. The molecule has 5 nitrogen and oxygen atoms in total. The Morgan fingerprint density at radius 3 is 0.811 bits per heavy atom. The van der Waals surface area contributed by atoms with Crippen LogP contribution in [0.5, 0.6) is 0 Å². The van der Waals surface area contributed by atoms with Crippen molar-refractivity contribution in [2.45, 2.75) is 201 Å². The minimum atomic E-state index is -2.08. The molecule has 0 bridgehead atoms. The quantitative estimate of drug-likeness (QED) is 0.109. The normalized spacial score (nSPS) is 12.8. The van der Waals surface area contributed by atoms with Gasteiger partial charge in [-0.15, -0.1) is 0 Å². The lowest BCUT2D eigenvalue weighted by atomic mass is 9.90. The first-order valence-electron chi connectivity index (χ1n) is 37.6. The van der Waals surface area contributed by atoms with Crippen molar-refractivity contribution < 1.29 is 32.4 Å². The molecule has 0 saturated carbocycles. The second-order valence-electron chi connectivity index (χ2n) is 28.2. The third-order valence-corrected chi connectivity index (χ3v) is 18.3. The highest BCUT2D eigenvalue weighted by atomic mass is 14.9. The largest absolute Gasteiger partial charge is 0.212 e. The third-order valence-electron chi connectivity index (χ3n) is 18.3. The smallest absolute Gasteiger partial charge is 0.201 e. The van der Waals surface area contributed by atoms with E-state index in [-0.39, 0.29) is 0 Å². The van der Waals surface area contributed by atoms with E-state index >= 15 is 0 Å². The number of aromatic nitrogens is 5. The maximum absolute atomic E-state index is 8.48. The van der Waals surface area contributed by atoms with Gasteiger partial charge in [-0.05, 0) is 190 Å². The number of rotatable bonds is 12. The van der Waals surface area contributed by atoms with Crippen LogP contribution < -0.4 is 22.8 Å². The van der Waals surface area contributed by atoms with Crippen LogP contribution in [0.3, 0.4) is 0 Å². The number of aryl methyl sites for hydroxylation is 14. The lowest BCUT2D eigenvalue weighted by Crippen LogP contribution is -2.32. The molecule has 0 radical (unpaired) electrons. The summed E-state index contributed by atoms with van der Waals surface area (Å²) in [4.78, 5) is 0. The van der Waals surface area contributed by atoms with Gasteiger partial charge in [0, 0.05) is 95.6 Å². The monoisotopic (exact) mass is 1280 g/mol. The molecule has 10 rings (SSSR count). The van der Waals surface area contributed by atoms with Crippen molar-refractivity contribution in [3.8, 4) is 56.3 Å². The molecule has 0 fully saturated rings. The lowest BCUT2D eigenvalue weighted by molar-refractivity contribution is -0.661. The molecular weight excluding hydrogens is 1150 g/mol. The maximum Gasteiger partial charge on any atom is 0.212 e. The molecule has 10 aromatic rings. The molecule has 5 aromatic carbocycles. The van der Waals surface area contributed by atoms with E-state index in [1.54, 1.807) is 12.1 Å². The summed E-state index contributed by atoms with van der Waals surface area (Å²) in [5, 5.41) is 0. The van der Waals surface area contributed by atoms with Gasteiger partial charge < -0.3 is 0 Å². The van der Waals surface area contributed by atoms with Gasteiger partial charge in [-0.1, -0.05) is 187 Å². The Balaban J connectivity index is 0.000000201. The molecule has 0 aliphatic carbocycles. The highest BCUT2D eigenvalue weighted by Crippen LogP contribution is 2.33. The Bertz CT molecular complexity index is 4570. The maximum atomic E-state index is 8.48. The predicted molar refractivity (Wildman–Crippen MR) is 407 cm³/mol. The molecule has 5 heterocycles. The van der Waals surface area contributed by atoms with Gasteiger partial charge in [-0.25, -0.2) is 22.8 Å². The molecule has 0 aliphatic heterocycles. The van der Waals surface area contributed by atoms with E-state index < -0.39 is 30.4 Å². The van der Waals surface area contributed by atoms with Gasteiger partial charge in [0.05, 0.1) is 0 Å². The van der Waals surface area contributed by atoms with Gasteiger partial charge >= 0.3 is 0 Å². The van der Waals surface area contributed by atoms with E-state index in [0.717, 1.165) is 50.3 Å². The van der Waals surface area contributed by atoms with E-state index in [4.69, 9.17) is 9.60 Å². The number of hydrogen-bond donors (Lipinski definition) is 0. The van der Waals surface area contributed by atoms with Crippen LogP contribution in [0.15, 0.2) is 177 Å². The fourth-order valence-corrected chi connectivity index (χ4v) is 12.8. The van der Waals surface area contributed by atoms with Crippen LogP contribution in [-0.4, -0.2) is 0 Å². The van der Waals surface area contributed by atoms with Gasteiger partial charge in [-0.3, -0.25) is 0 Å². The molecule has 5 heteroatoms. The van der Waals surface area contributed by atoms with Gasteiger partial charge in [0.1, 0.15) is 35.2 Å². The molecule has 95 heavy (non-hydrogen) atoms. The average Bonchev–Trinajstić information content (AvgIpc) is 0.779. The molecule has 5 aromatic heterocycles. The Hall–Kier alpha value is -8.15. The highest BCUT2D eigenvalue weighted by Gasteiger charge is 2.24. The Morgan fingerprint density at radius 1 is 0.253 bits per heavy atom. The summed E-state index contributed by atoms with van der Waals surface area (Å²) < 4.78 is 66.7. The standard InChI is InChI=1S/2C19H26N.C18H24N.2C17H22N/c2*1-13(2)17-11-19(16-10-8-7-9-15(16)5)20(6)12-18(17)14(3)4;1-12(2)17-11-19(6)18(10-15(17)5)16-8-7-13(3)9-14(16)4;2*1-12(2)16-11-18(5)17(10-14(16)4)15-9-7-6-8-13(15)3/h2*7-14H,1-6H3;7-12H,1-6H3;2*6-12H,1-5H3/q5*+1/i13D,14D;;3D3,12D;12D;. The third kappa shape index (κ3) is 19.3. The zero-order valence-corrected chi connectivity index (χ0v) is 63.2. The van der Waals surface area contributed by atoms with E-state index in [2.05, 4.69) is 256 Å². The van der Waals surface area contributed by atoms with Crippen molar-refractivity contribution in [1.29, 1.82) is 0 Å². The molecule has 0 amide bonds. The predicted octanol–water partition coefficient (Wildman–Crippen LogP) is 21.5. The van der Waals surface area contributed by atoms with Crippen LogP contribution >= 0.6 is 0 Å². The second kappa shape index (κ2) is 34.0. The minimum Gasteiger partial charge on any atom is -0.201 e. The van der Waals surface area contributed by atoms with Crippen LogP contribution in [-0.2, 0) is 35.2 Å². The molecule has 500 valence electrons. The molecular formula is C90H120N5+5. The SMILES string of the molecule is Cc1ccccc1-c1cc(C(C)C)c(C(C)C)c[n+]1C.Cc1ccccc1-c1cc(C)c(C(C)C)c[n+]1C.[2H]C(C)(C)c1c[n+](C)c(-c2ccccc2C)cc1C.[2H]C(C)(C)c1cc(-c2ccccc2C)[n+](C)cc1C([2H])(C)C.[2H]C([2H])([2H])c1ccc(-c2cc(C)c(C([2H])(C)C)c[n+]2C)c(C)c1. The second-order valence-corrected chi connectivity index (χ2v) is 28.2. The Labute approximate surface area is 587 Å². The topological polar surface area (TPSA) is 19.4 Å². The summed E-state index contributed by atoms with van der Waals surface area (Å²) in [6.07, 6.45) is 10.7. The van der Waals surface area contributed by atoms with Crippen molar-refractivity contribution in [1.82, 2.24) is 0 Å². The molecule has 0 aliphatic rings. The average molecular weight is 1280 g/mol. The van der Waals surface area contributed by atoms with E-state index in [0.29, 0.717) is 23.3 Å². The van der Waals surface area contributed by atoms with E-state index in [9.17, 15) is 0 Å². The molecule has 0 atom stereocenters. The molecule has 0 N–H and O–H groups in total. The Morgan fingerprint density at radius 2 is 0.516 bits per heavy atom. The van der Waals surface area contributed by atoms with Crippen LogP contribution in [0.4, 0.5) is 0 Å². The van der Waals surface area contributed by atoms with Crippen LogP contribution in [0, 0.1) is 62.2 Å². The summed E-state index contributed by atoms with van der Waals surface area (Å²) in [6, 6.07) is 50.2. The first-order valence-corrected chi connectivity index (χ1v) is 34.1. The van der Waals surface area contributed by atoms with Gasteiger partial charge in [-0.2, -0.15) is 0 Å². The fraction of sp³-hybridized carbons (Fsp3) is 0.389. The van der Waals surface area contributed by atoms with Crippen molar-refractivity contribution in [3.05, 3.63) is 266 Å². The fourth-order valence-electron chi connectivity index (χ4n) is 12.8. The molecule has 0 spiro atoms. The highest BCUT2D eigenvalue weighted by molar-refractivity contribution is 5.66. The first kappa shape index (κ1) is 65.5. The van der Waals surface area contributed by atoms with Crippen LogP contribution in [0.2, 0.25) is 0 Å². The van der Waals surface area contributed by atoms with Crippen molar-refractivity contribution in [2.24, 2.45) is 35.2 Å². The van der Waals surface area contributed by atoms with Crippen molar-refractivity contribution >= 4 is 0 Å². The summed E-state index contributed by atoms with van der Waals surface area (Å²) in [5.74, 6) is -0.996. The number of pyridine rings is 5. The van der Waals surface area contributed by atoms with Crippen molar-refractivity contribution in [2.75, 3.05) is 0 Å². The summed E-state index contributed by atoms with van der Waals surface area (Å²) in [5.41, 5.74) is 30.3. The first-order chi connectivity index (χ1) is 47.1. The van der Waals surface area contributed by atoms with Crippen LogP contribution in [0.1, 0.15) is 237 Å². The van der Waals surface area contributed by atoms with Crippen molar-refractivity contribution in [3.63, 3.8) is 0 Å². The van der Waals surface area contributed by atoms with Gasteiger partial charge in [0.25, 0.3) is 0 Å². The minimum absolute atomic E-state index is 0.363. The summed E-state index contributed by atoms with van der Waals surface area (Å²) in [7, 11) is 10.3. The van der Waals surface area contributed by atoms with E-state index in [1.807, 2.05) is 118 Å². The van der Waals surface area contributed by atoms with Gasteiger partial charge in [0.2, 0.25) is 28.5 Å². The number of nitrogens with zero attached hydrogens (tertiary/aromatic N) is 5. The zero-order chi connectivity index (χ0) is 76.6. The van der Waals surface area contributed by atoms with Gasteiger partial charge in [0.15, 0.2) is 31.0 Å². The lowest BCUT2D eigenvalue weighted by Gasteiger charge is -2.16. The number of hydrogen-bond acceptors (Lipinski definition) is 0.